The predicted molar refractivity (Wildman–Crippen MR) is 97.8 cm³/mol. The molecule has 7 heteroatoms. The van der Waals surface area contributed by atoms with Gasteiger partial charge in [0.15, 0.2) is 0 Å². The van der Waals surface area contributed by atoms with Gasteiger partial charge in [0.2, 0.25) is 0 Å². The maximum absolute atomic E-state index is 12.7. The number of hydrogen-bond donors (Lipinski definition) is 2. The van der Waals surface area contributed by atoms with E-state index in [1.165, 1.54) is 4.88 Å². The average Bonchev–Trinajstić information content (AvgIpc) is 3.01. The Bertz CT molecular complexity index is 789. The van der Waals surface area contributed by atoms with Crippen molar-refractivity contribution in [3.63, 3.8) is 0 Å². The molecule has 6 nitrogen and oxygen atoms in total. The van der Waals surface area contributed by atoms with E-state index >= 15 is 0 Å². The molecular weight excluding hydrogens is 338 g/mol. The second kappa shape index (κ2) is 7.23. The molecule has 2 atom stereocenters. The van der Waals surface area contributed by atoms with E-state index in [2.05, 4.69) is 10.3 Å². The Morgan fingerprint density at radius 2 is 2.12 bits per heavy atom. The SMILES string of the molecule is Cc1ccc(-c2ncccc2NC(=O)N2CC(C)CC(C(=O)O)C2)s1. The summed E-state index contributed by atoms with van der Waals surface area (Å²) in [5.74, 6) is -1.20. The normalized spacial score (nSPS) is 20.3. The molecule has 0 aliphatic carbocycles. The molecule has 0 radical (unpaired) electrons. The average molecular weight is 359 g/mol. The monoisotopic (exact) mass is 359 g/mol. The summed E-state index contributed by atoms with van der Waals surface area (Å²) in [6.07, 6.45) is 2.30. The van der Waals surface area contributed by atoms with Gasteiger partial charge in [-0.3, -0.25) is 9.78 Å². The van der Waals surface area contributed by atoms with Crippen LogP contribution in [0.15, 0.2) is 30.5 Å². The Hall–Kier alpha value is -2.41. The molecule has 2 aromatic heterocycles. The van der Waals surface area contributed by atoms with E-state index in [4.69, 9.17) is 0 Å². The first kappa shape index (κ1) is 17.4. The third-order valence-corrected chi connectivity index (χ3v) is 5.33. The van der Waals surface area contributed by atoms with Gasteiger partial charge in [0, 0.05) is 24.2 Å². The fraction of sp³-hybridized carbons (Fsp3) is 0.389. The summed E-state index contributed by atoms with van der Waals surface area (Å²) in [4.78, 5) is 32.1. The summed E-state index contributed by atoms with van der Waals surface area (Å²) in [6.45, 7) is 4.79. The lowest BCUT2D eigenvalue weighted by atomic mass is 9.91. The summed E-state index contributed by atoms with van der Waals surface area (Å²) in [5.41, 5.74) is 1.37. The van der Waals surface area contributed by atoms with Crippen LogP contribution in [0.25, 0.3) is 10.6 Å². The number of rotatable bonds is 3. The molecular formula is C18H21N3O3S. The van der Waals surface area contributed by atoms with Crippen LogP contribution in [0.4, 0.5) is 10.5 Å². The van der Waals surface area contributed by atoms with Gasteiger partial charge in [0.25, 0.3) is 0 Å². The molecule has 0 saturated carbocycles. The van der Waals surface area contributed by atoms with Crippen molar-refractivity contribution < 1.29 is 14.7 Å². The van der Waals surface area contributed by atoms with Crippen molar-refractivity contribution in [1.29, 1.82) is 0 Å². The van der Waals surface area contributed by atoms with Crippen molar-refractivity contribution in [3.8, 4) is 10.6 Å². The van der Waals surface area contributed by atoms with Crippen LogP contribution in [0, 0.1) is 18.8 Å². The number of aryl methyl sites for hydroxylation is 1. The number of thiophene rings is 1. The van der Waals surface area contributed by atoms with Crippen molar-refractivity contribution in [1.82, 2.24) is 9.88 Å². The summed E-state index contributed by atoms with van der Waals surface area (Å²) in [5, 5.41) is 12.2. The lowest BCUT2D eigenvalue weighted by Crippen LogP contribution is -2.47. The van der Waals surface area contributed by atoms with Crippen LogP contribution >= 0.6 is 11.3 Å². The fourth-order valence-electron chi connectivity index (χ4n) is 3.15. The number of amides is 2. The number of likely N-dealkylation sites (tertiary alicyclic amines) is 1. The number of nitrogens with zero attached hydrogens (tertiary/aromatic N) is 2. The van der Waals surface area contributed by atoms with Crippen molar-refractivity contribution in [2.45, 2.75) is 20.3 Å². The Morgan fingerprint density at radius 1 is 1.32 bits per heavy atom. The van der Waals surface area contributed by atoms with E-state index in [-0.39, 0.29) is 18.5 Å². The molecule has 1 aliphatic rings. The molecule has 0 spiro atoms. The number of piperidine rings is 1. The van der Waals surface area contributed by atoms with Crippen LogP contribution in [0.5, 0.6) is 0 Å². The first-order valence-corrected chi connectivity index (χ1v) is 9.06. The fourth-order valence-corrected chi connectivity index (χ4v) is 4.03. The summed E-state index contributed by atoms with van der Waals surface area (Å²) in [7, 11) is 0. The van der Waals surface area contributed by atoms with Gasteiger partial charge < -0.3 is 15.3 Å². The minimum Gasteiger partial charge on any atom is -0.481 e. The molecule has 3 heterocycles. The van der Waals surface area contributed by atoms with E-state index in [9.17, 15) is 14.7 Å². The number of pyridine rings is 1. The van der Waals surface area contributed by atoms with Gasteiger partial charge in [0.1, 0.15) is 5.69 Å². The molecule has 2 N–H and O–H groups in total. The van der Waals surface area contributed by atoms with Crippen LogP contribution in [0.2, 0.25) is 0 Å². The van der Waals surface area contributed by atoms with Gasteiger partial charge in [-0.15, -0.1) is 11.3 Å². The van der Waals surface area contributed by atoms with Crippen LogP contribution in [-0.2, 0) is 4.79 Å². The number of carboxylic acid groups (broad SMARTS) is 1. The highest BCUT2D eigenvalue weighted by Crippen LogP contribution is 2.32. The molecule has 2 amide bonds. The molecule has 3 rings (SSSR count). The number of anilines is 1. The quantitative estimate of drug-likeness (QED) is 0.875. The highest BCUT2D eigenvalue weighted by molar-refractivity contribution is 7.15. The molecule has 0 aromatic carbocycles. The third kappa shape index (κ3) is 3.99. The zero-order valence-corrected chi connectivity index (χ0v) is 15.0. The Labute approximate surface area is 150 Å². The lowest BCUT2D eigenvalue weighted by Gasteiger charge is -2.34. The highest BCUT2D eigenvalue weighted by atomic mass is 32.1. The number of hydrogen-bond acceptors (Lipinski definition) is 4. The molecule has 1 fully saturated rings. The Balaban J connectivity index is 1.78. The third-order valence-electron chi connectivity index (χ3n) is 4.32. The van der Waals surface area contributed by atoms with Crippen molar-refractivity contribution in [2.75, 3.05) is 18.4 Å². The first-order valence-electron chi connectivity index (χ1n) is 8.24. The number of carbonyl (C=O) groups is 2. The van der Waals surface area contributed by atoms with Gasteiger partial charge in [-0.1, -0.05) is 6.92 Å². The zero-order valence-electron chi connectivity index (χ0n) is 14.2. The Morgan fingerprint density at radius 3 is 2.80 bits per heavy atom. The van der Waals surface area contributed by atoms with Gasteiger partial charge in [-0.25, -0.2) is 4.79 Å². The Kier molecular flexibility index (Phi) is 5.03. The summed E-state index contributed by atoms with van der Waals surface area (Å²) in [6, 6.07) is 7.32. The predicted octanol–water partition coefficient (Wildman–Crippen LogP) is 3.69. The number of carboxylic acids is 1. The largest absolute Gasteiger partial charge is 0.481 e. The van der Waals surface area contributed by atoms with Gasteiger partial charge in [-0.05, 0) is 43.5 Å². The molecule has 1 saturated heterocycles. The smallest absolute Gasteiger partial charge is 0.321 e. The summed E-state index contributed by atoms with van der Waals surface area (Å²) >= 11 is 1.62. The van der Waals surface area contributed by atoms with E-state index in [0.29, 0.717) is 18.7 Å². The molecule has 25 heavy (non-hydrogen) atoms. The maximum atomic E-state index is 12.7. The molecule has 2 aromatic rings. The number of urea groups is 1. The minimum atomic E-state index is -0.847. The second-order valence-corrected chi connectivity index (χ2v) is 7.81. The van der Waals surface area contributed by atoms with E-state index < -0.39 is 11.9 Å². The minimum absolute atomic E-state index is 0.161. The first-order chi connectivity index (χ1) is 11.9. The highest BCUT2D eigenvalue weighted by Gasteiger charge is 2.32. The van der Waals surface area contributed by atoms with Gasteiger partial charge in [0.05, 0.1) is 16.5 Å². The van der Waals surface area contributed by atoms with Crippen LogP contribution in [0.3, 0.4) is 0 Å². The van der Waals surface area contributed by atoms with E-state index in [1.807, 2.05) is 32.0 Å². The van der Waals surface area contributed by atoms with Crippen LogP contribution < -0.4 is 5.32 Å². The number of nitrogens with one attached hydrogen (secondary N) is 1. The number of aliphatic carboxylic acids is 1. The van der Waals surface area contributed by atoms with E-state index in [0.717, 1.165) is 10.6 Å². The topological polar surface area (TPSA) is 82.5 Å². The van der Waals surface area contributed by atoms with Crippen LogP contribution in [-0.4, -0.2) is 40.1 Å². The van der Waals surface area contributed by atoms with Crippen LogP contribution in [0.1, 0.15) is 18.2 Å². The zero-order chi connectivity index (χ0) is 18.0. The molecule has 132 valence electrons. The molecule has 1 aliphatic heterocycles. The second-order valence-electron chi connectivity index (χ2n) is 6.52. The summed E-state index contributed by atoms with van der Waals surface area (Å²) < 4.78 is 0. The molecule has 0 bridgehead atoms. The van der Waals surface area contributed by atoms with Crippen molar-refractivity contribution >= 4 is 29.0 Å². The van der Waals surface area contributed by atoms with Crippen molar-refractivity contribution in [3.05, 3.63) is 35.3 Å². The van der Waals surface area contributed by atoms with E-state index in [1.54, 1.807) is 28.5 Å². The standard InChI is InChI=1S/C18H21N3O3S/c1-11-8-13(17(22)23)10-21(9-11)18(24)20-14-4-3-7-19-16(14)15-6-5-12(2)25-15/h3-7,11,13H,8-10H2,1-2H3,(H,20,24)(H,22,23). The maximum Gasteiger partial charge on any atom is 0.321 e. The van der Waals surface area contributed by atoms with Crippen molar-refractivity contribution in [2.24, 2.45) is 11.8 Å². The number of carbonyl (C=O) groups excluding carboxylic acids is 1. The van der Waals surface area contributed by atoms with Gasteiger partial charge >= 0.3 is 12.0 Å². The molecule has 2 unspecified atom stereocenters. The lowest BCUT2D eigenvalue weighted by molar-refractivity contribution is -0.143. The van der Waals surface area contributed by atoms with Gasteiger partial charge in [-0.2, -0.15) is 0 Å². The number of aromatic nitrogens is 1.